The van der Waals surface area contributed by atoms with Gasteiger partial charge in [-0.15, -0.1) is 11.3 Å². The molecule has 102 valence electrons. The van der Waals surface area contributed by atoms with E-state index >= 15 is 0 Å². The summed E-state index contributed by atoms with van der Waals surface area (Å²) in [5.74, 6) is -0.247. The molecule has 5 heteroatoms. The van der Waals surface area contributed by atoms with Crippen molar-refractivity contribution < 1.29 is 4.39 Å². The molecule has 1 heterocycles. The molecule has 0 spiro atoms. The standard InChI is InChI=1S/C14H16BrFN2S/c1-14(2,3)13-18-8-10(19-13)7-17-12-6-9(15)4-5-11(12)16/h4-6,8,17H,7H2,1-3H3. The molecular weight excluding hydrogens is 327 g/mol. The van der Waals surface area contributed by atoms with Crippen molar-refractivity contribution >= 4 is 33.0 Å². The lowest BCUT2D eigenvalue weighted by Crippen LogP contribution is -2.09. The highest BCUT2D eigenvalue weighted by Gasteiger charge is 2.17. The zero-order chi connectivity index (χ0) is 14.0. The Morgan fingerprint density at radius 3 is 2.74 bits per heavy atom. The Balaban J connectivity index is 2.06. The van der Waals surface area contributed by atoms with Crippen molar-refractivity contribution in [3.63, 3.8) is 0 Å². The van der Waals surface area contributed by atoms with E-state index in [1.54, 1.807) is 23.5 Å². The maximum absolute atomic E-state index is 13.6. The van der Waals surface area contributed by atoms with Gasteiger partial charge in [0.15, 0.2) is 0 Å². The van der Waals surface area contributed by atoms with Crippen molar-refractivity contribution in [2.24, 2.45) is 0 Å². The van der Waals surface area contributed by atoms with Crippen LogP contribution in [-0.4, -0.2) is 4.98 Å². The molecule has 0 saturated carbocycles. The first-order valence-electron chi connectivity index (χ1n) is 6.00. The molecule has 0 radical (unpaired) electrons. The van der Waals surface area contributed by atoms with Crippen molar-refractivity contribution in [2.75, 3.05) is 5.32 Å². The molecule has 2 rings (SSSR count). The fourth-order valence-electron chi connectivity index (χ4n) is 1.55. The molecule has 0 fully saturated rings. The van der Waals surface area contributed by atoms with Crippen LogP contribution in [-0.2, 0) is 12.0 Å². The van der Waals surface area contributed by atoms with Crippen molar-refractivity contribution in [1.82, 2.24) is 4.98 Å². The van der Waals surface area contributed by atoms with Crippen molar-refractivity contribution in [1.29, 1.82) is 0 Å². The Morgan fingerprint density at radius 2 is 2.11 bits per heavy atom. The highest BCUT2D eigenvalue weighted by molar-refractivity contribution is 9.10. The number of anilines is 1. The van der Waals surface area contributed by atoms with E-state index < -0.39 is 0 Å². The van der Waals surface area contributed by atoms with Gasteiger partial charge in [-0.05, 0) is 18.2 Å². The molecule has 2 nitrogen and oxygen atoms in total. The van der Waals surface area contributed by atoms with Crippen LogP contribution in [0.1, 0.15) is 30.7 Å². The lowest BCUT2D eigenvalue weighted by Gasteiger charge is -2.13. The minimum absolute atomic E-state index is 0.0595. The number of hydrogen-bond donors (Lipinski definition) is 1. The molecule has 1 aromatic carbocycles. The molecule has 19 heavy (non-hydrogen) atoms. The summed E-state index contributed by atoms with van der Waals surface area (Å²) in [6.45, 7) is 6.99. The van der Waals surface area contributed by atoms with Crippen LogP contribution in [0.4, 0.5) is 10.1 Å². The average Bonchev–Trinajstić information content (AvgIpc) is 2.79. The summed E-state index contributed by atoms with van der Waals surface area (Å²) in [5.41, 5.74) is 0.560. The van der Waals surface area contributed by atoms with Gasteiger partial charge in [-0.2, -0.15) is 0 Å². The molecule has 0 aliphatic carbocycles. The van der Waals surface area contributed by atoms with Crippen LogP contribution in [0.5, 0.6) is 0 Å². The van der Waals surface area contributed by atoms with Gasteiger partial charge in [0.2, 0.25) is 0 Å². The van der Waals surface area contributed by atoms with Crippen LogP contribution in [0.2, 0.25) is 0 Å². The first-order chi connectivity index (χ1) is 8.86. The molecule has 1 aromatic heterocycles. The van der Waals surface area contributed by atoms with Gasteiger partial charge in [0.1, 0.15) is 5.82 Å². The third kappa shape index (κ3) is 3.76. The topological polar surface area (TPSA) is 24.9 Å². The predicted molar refractivity (Wildman–Crippen MR) is 82.2 cm³/mol. The van der Waals surface area contributed by atoms with Gasteiger partial charge in [0, 0.05) is 21.0 Å². The number of thiazole rings is 1. The van der Waals surface area contributed by atoms with Crippen LogP contribution >= 0.6 is 27.3 Å². The SMILES string of the molecule is CC(C)(C)c1ncc(CNc2cc(Br)ccc2F)s1. The van der Waals surface area contributed by atoms with Gasteiger partial charge in [0.25, 0.3) is 0 Å². The zero-order valence-electron chi connectivity index (χ0n) is 11.1. The minimum Gasteiger partial charge on any atom is -0.378 e. The number of halogens is 2. The maximum Gasteiger partial charge on any atom is 0.146 e. The van der Waals surface area contributed by atoms with Gasteiger partial charge >= 0.3 is 0 Å². The van der Waals surface area contributed by atoms with Gasteiger partial charge < -0.3 is 5.32 Å². The zero-order valence-corrected chi connectivity index (χ0v) is 13.5. The summed E-state index contributed by atoms with van der Waals surface area (Å²) in [6.07, 6.45) is 1.86. The van der Waals surface area contributed by atoms with E-state index in [9.17, 15) is 4.39 Å². The van der Waals surface area contributed by atoms with E-state index in [0.717, 1.165) is 14.4 Å². The summed E-state index contributed by atoms with van der Waals surface area (Å²) in [5, 5.41) is 4.20. The molecule has 1 N–H and O–H groups in total. The molecular formula is C14H16BrFN2S. The Bertz CT molecular complexity index is 575. The lowest BCUT2D eigenvalue weighted by molar-refractivity contribution is 0.585. The van der Waals surface area contributed by atoms with E-state index in [0.29, 0.717) is 12.2 Å². The number of nitrogens with zero attached hydrogens (tertiary/aromatic N) is 1. The molecule has 0 aliphatic heterocycles. The van der Waals surface area contributed by atoms with E-state index in [1.165, 1.54) is 6.07 Å². The van der Waals surface area contributed by atoms with Crippen molar-refractivity contribution in [3.8, 4) is 0 Å². The van der Waals surface area contributed by atoms with Crippen LogP contribution in [0.15, 0.2) is 28.9 Å². The summed E-state index contributed by atoms with van der Waals surface area (Å²) in [6, 6.07) is 4.87. The second kappa shape index (κ2) is 5.59. The minimum atomic E-state index is -0.247. The average molecular weight is 343 g/mol. The number of benzene rings is 1. The highest BCUT2D eigenvalue weighted by atomic mass is 79.9. The smallest absolute Gasteiger partial charge is 0.146 e. The fourth-order valence-corrected chi connectivity index (χ4v) is 2.82. The normalized spacial score (nSPS) is 11.6. The van der Waals surface area contributed by atoms with E-state index in [2.05, 4.69) is 47.0 Å². The first-order valence-corrected chi connectivity index (χ1v) is 7.61. The van der Waals surface area contributed by atoms with Crippen LogP contribution in [0.3, 0.4) is 0 Å². The highest BCUT2D eigenvalue weighted by Crippen LogP contribution is 2.27. The number of nitrogens with one attached hydrogen (secondary N) is 1. The molecule has 0 aliphatic rings. The molecule has 0 saturated heterocycles. The van der Waals surface area contributed by atoms with E-state index in [4.69, 9.17) is 0 Å². The summed E-state index contributed by atoms with van der Waals surface area (Å²) in [7, 11) is 0. The maximum atomic E-state index is 13.6. The van der Waals surface area contributed by atoms with Gasteiger partial charge in [-0.3, -0.25) is 0 Å². The number of hydrogen-bond acceptors (Lipinski definition) is 3. The van der Waals surface area contributed by atoms with E-state index in [-0.39, 0.29) is 11.2 Å². The molecule has 0 atom stereocenters. The Hall–Kier alpha value is -0.940. The third-order valence-electron chi connectivity index (χ3n) is 2.58. The second-order valence-electron chi connectivity index (χ2n) is 5.36. The Morgan fingerprint density at radius 1 is 1.37 bits per heavy atom. The van der Waals surface area contributed by atoms with Crippen molar-refractivity contribution in [3.05, 3.63) is 44.6 Å². The van der Waals surface area contributed by atoms with Gasteiger partial charge in [-0.25, -0.2) is 9.37 Å². The second-order valence-corrected chi connectivity index (χ2v) is 7.39. The summed E-state index contributed by atoms with van der Waals surface area (Å²) >= 11 is 5.00. The third-order valence-corrected chi connectivity index (χ3v) is 4.49. The monoisotopic (exact) mass is 342 g/mol. The quantitative estimate of drug-likeness (QED) is 0.853. The van der Waals surface area contributed by atoms with Gasteiger partial charge in [-0.1, -0.05) is 36.7 Å². The van der Waals surface area contributed by atoms with Crippen molar-refractivity contribution in [2.45, 2.75) is 32.7 Å². The van der Waals surface area contributed by atoms with Crippen LogP contribution < -0.4 is 5.32 Å². The Kier molecular flexibility index (Phi) is 4.26. The molecule has 0 unspecified atom stereocenters. The van der Waals surface area contributed by atoms with Gasteiger partial charge in [0.05, 0.1) is 17.2 Å². The van der Waals surface area contributed by atoms with Crippen LogP contribution in [0.25, 0.3) is 0 Å². The molecule has 2 aromatic rings. The molecule has 0 bridgehead atoms. The van der Waals surface area contributed by atoms with Crippen LogP contribution in [0, 0.1) is 5.82 Å². The summed E-state index contributed by atoms with van der Waals surface area (Å²) in [4.78, 5) is 5.52. The predicted octanol–water partition coefficient (Wildman–Crippen LogP) is 4.95. The Labute approximate surface area is 125 Å². The number of aromatic nitrogens is 1. The first kappa shape index (κ1) is 14.5. The van der Waals surface area contributed by atoms with E-state index in [1.807, 2.05) is 6.20 Å². The number of rotatable bonds is 3. The fraction of sp³-hybridized carbons (Fsp3) is 0.357. The molecule has 0 amide bonds. The summed E-state index contributed by atoms with van der Waals surface area (Å²) < 4.78 is 14.4. The largest absolute Gasteiger partial charge is 0.378 e. The lowest BCUT2D eigenvalue weighted by atomic mass is 9.98.